The lowest BCUT2D eigenvalue weighted by atomic mass is 9.95. The van der Waals surface area contributed by atoms with Crippen LogP contribution in [0.5, 0.6) is 5.75 Å². The van der Waals surface area contributed by atoms with E-state index >= 15 is 0 Å². The molecular weight excluding hydrogens is 678 g/mol. The highest BCUT2D eigenvalue weighted by Gasteiger charge is 2.32. The molecule has 0 saturated carbocycles. The van der Waals surface area contributed by atoms with E-state index in [0.29, 0.717) is 31.5 Å². The van der Waals surface area contributed by atoms with Crippen LogP contribution in [0.1, 0.15) is 43.2 Å². The third-order valence-electron chi connectivity index (χ3n) is 9.54. The van der Waals surface area contributed by atoms with Gasteiger partial charge in [-0.1, -0.05) is 30.3 Å². The van der Waals surface area contributed by atoms with Gasteiger partial charge < -0.3 is 58.1 Å². The summed E-state index contributed by atoms with van der Waals surface area (Å²) in [7, 11) is 8.84. The molecule has 0 aromatic heterocycles. The van der Waals surface area contributed by atoms with Gasteiger partial charge in [0.1, 0.15) is 23.9 Å². The normalized spacial score (nSPS) is 19.5. The first-order valence-electron chi connectivity index (χ1n) is 18.6. The summed E-state index contributed by atoms with van der Waals surface area (Å²) in [6.07, 6.45) is 1.84. The molecule has 0 saturated heterocycles. The van der Waals surface area contributed by atoms with Crippen LogP contribution < -0.4 is 47.9 Å². The molecule has 15 heteroatoms. The molecule has 294 valence electrons. The first-order valence-corrected chi connectivity index (χ1v) is 18.6. The van der Waals surface area contributed by atoms with Gasteiger partial charge in [0, 0.05) is 38.4 Å². The SMILES string of the molecule is CNCCC[C@@H](CNC(=O)[C@H](CCCNC)NC(=O)[C@@H]1Cc2cccc(c2)-c2ccc(O)c(c2)C[C@H](NC)C(=O)N[C@@H](C[C@@H](O)CNC)C(=O)N1)NC. The summed E-state index contributed by atoms with van der Waals surface area (Å²) in [5.74, 6) is -2.03. The second-order valence-electron chi connectivity index (χ2n) is 13.6. The van der Waals surface area contributed by atoms with Crippen molar-refractivity contribution in [3.63, 3.8) is 0 Å². The highest BCUT2D eigenvalue weighted by molar-refractivity contribution is 5.95. The summed E-state index contributed by atoms with van der Waals surface area (Å²) >= 11 is 0. The molecule has 6 atom stereocenters. The van der Waals surface area contributed by atoms with Crippen molar-refractivity contribution < 1.29 is 29.4 Å². The van der Waals surface area contributed by atoms with Crippen molar-refractivity contribution in [2.45, 2.75) is 81.3 Å². The number of aliphatic hydroxyl groups is 1. The minimum absolute atomic E-state index is 0.0290. The van der Waals surface area contributed by atoms with Crippen molar-refractivity contribution in [3.8, 4) is 16.9 Å². The number of phenols is 1. The Balaban J connectivity index is 1.99. The van der Waals surface area contributed by atoms with Gasteiger partial charge in [-0.05, 0) is 108 Å². The Morgan fingerprint density at radius 2 is 1.57 bits per heavy atom. The van der Waals surface area contributed by atoms with Crippen molar-refractivity contribution in [1.29, 1.82) is 0 Å². The first-order chi connectivity index (χ1) is 25.5. The summed E-state index contributed by atoms with van der Waals surface area (Å²) in [6, 6.07) is 8.73. The number of amides is 4. The standard InChI is InChI=1S/C38H61N9O6/c1-39-15-7-11-28(42-4)22-44-35(50)30(12-8-16-40-2)45-37(52)32-18-24-9-6-10-25(17-24)26-13-14-34(49)27(19-26)20-31(43-5)36(51)47-33(38(53)46-32)21-29(48)23-41-3/h6,9-10,13-14,17,19,28-33,39-43,48-49H,7-8,11-12,15-16,18,20-23H2,1-5H3,(H,44,50)(H,45,52)(H,46,53)(H,47,51)/t28-,29+,30-,31-,32-,33-/m0/s1. The number of rotatable bonds is 19. The highest BCUT2D eigenvalue weighted by Crippen LogP contribution is 2.28. The number of fused-ring (bicyclic) bond motifs is 5. The number of aliphatic hydroxyl groups excluding tert-OH is 1. The van der Waals surface area contributed by atoms with E-state index < -0.39 is 48.0 Å². The molecule has 1 aliphatic heterocycles. The topological polar surface area (TPSA) is 217 Å². The lowest BCUT2D eigenvalue weighted by Crippen LogP contribution is -2.59. The quantitative estimate of drug-likeness (QED) is 0.0776. The average Bonchev–Trinajstić information content (AvgIpc) is 3.14. The van der Waals surface area contributed by atoms with Crippen molar-refractivity contribution in [2.75, 3.05) is 61.4 Å². The molecular formula is C38H61N9O6. The molecule has 2 aromatic carbocycles. The lowest BCUT2D eigenvalue weighted by molar-refractivity contribution is -0.134. The molecule has 0 fully saturated rings. The number of likely N-dealkylation sites (N-methyl/N-ethyl adjacent to an activating group) is 3. The van der Waals surface area contributed by atoms with E-state index in [1.54, 1.807) is 26.2 Å². The number of phenolic OH excluding ortho intramolecular Hbond substituents is 1. The van der Waals surface area contributed by atoms with Gasteiger partial charge in [-0.2, -0.15) is 0 Å². The highest BCUT2D eigenvalue weighted by atomic mass is 16.3. The predicted molar refractivity (Wildman–Crippen MR) is 206 cm³/mol. The fourth-order valence-corrected chi connectivity index (χ4v) is 6.41. The Morgan fingerprint density at radius 3 is 2.25 bits per heavy atom. The maximum atomic E-state index is 14.2. The maximum Gasteiger partial charge on any atom is 0.243 e. The number of carbonyl (C=O) groups is 4. The number of hydrogen-bond acceptors (Lipinski definition) is 11. The monoisotopic (exact) mass is 739 g/mol. The van der Waals surface area contributed by atoms with Gasteiger partial charge >= 0.3 is 0 Å². The maximum absolute atomic E-state index is 14.2. The molecule has 2 aromatic rings. The number of hydrogen-bond donors (Lipinski definition) is 11. The Labute approximate surface area is 313 Å². The number of aromatic hydroxyl groups is 1. The molecule has 11 N–H and O–H groups in total. The second kappa shape index (κ2) is 22.8. The van der Waals surface area contributed by atoms with Crippen LogP contribution in [0.15, 0.2) is 42.5 Å². The van der Waals surface area contributed by atoms with Crippen molar-refractivity contribution in [1.82, 2.24) is 47.9 Å². The third-order valence-corrected chi connectivity index (χ3v) is 9.54. The van der Waals surface area contributed by atoms with Crippen molar-refractivity contribution in [2.24, 2.45) is 0 Å². The Bertz CT molecular complexity index is 1480. The molecule has 0 radical (unpaired) electrons. The summed E-state index contributed by atoms with van der Waals surface area (Å²) in [6.45, 7) is 2.04. The summed E-state index contributed by atoms with van der Waals surface area (Å²) in [4.78, 5) is 55.4. The molecule has 0 aliphatic carbocycles. The summed E-state index contributed by atoms with van der Waals surface area (Å²) in [5, 5.41) is 48.2. The minimum atomic E-state index is -1.20. The van der Waals surface area contributed by atoms with Crippen LogP contribution >= 0.6 is 0 Å². The molecule has 4 bridgehead atoms. The number of nitrogens with one attached hydrogen (secondary N) is 9. The van der Waals surface area contributed by atoms with Crippen LogP contribution in [0, 0.1) is 0 Å². The molecule has 0 spiro atoms. The van der Waals surface area contributed by atoms with Crippen LogP contribution in [0.3, 0.4) is 0 Å². The molecule has 1 heterocycles. The molecule has 3 rings (SSSR count). The Hall–Kier alpha value is -4.12. The zero-order valence-corrected chi connectivity index (χ0v) is 31.8. The molecule has 53 heavy (non-hydrogen) atoms. The van der Waals surface area contributed by atoms with E-state index in [1.165, 1.54) is 0 Å². The predicted octanol–water partition coefficient (Wildman–Crippen LogP) is -1.13. The van der Waals surface area contributed by atoms with Gasteiger partial charge in [0.2, 0.25) is 23.6 Å². The van der Waals surface area contributed by atoms with E-state index in [-0.39, 0.29) is 43.5 Å². The fraction of sp³-hybridized carbons (Fsp3) is 0.579. The van der Waals surface area contributed by atoms with Crippen LogP contribution in [0.2, 0.25) is 0 Å². The largest absolute Gasteiger partial charge is 0.508 e. The van der Waals surface area contributed by atoms with E-state index in [4.69, 9.17) is 0 Å². The van der Waals surface area contributed by atoms with Gasteiger partial charge in [0.05, 0.1) is 12.1 Å². The number of carbonyl (C=O) groups excluding carboxylic acids is 4. The van der Waals surface area contributed by atoms with Gasteiger partial charge in [-0.3, -0.25) is 19.2 Å². The van der Waals surface area contributed by atoms with E-state index in [1.807, 2.05) is 51.5 Å². The van der Waals surface area contributed by atoms with E-state index in [2.05, 4.69) is 47.9 Å². The van der Waals surface area contributed by atoms with Gasteiger partial charge in [0.25, 0.3) is 0 Å². The van der Waals surface area contributed by atoms with Crippen molar-refractivity contribution in [3.05, 3.63) is 53.6 Å². The molecule has 0 unspecified atom stereocenters. The molecule has 1 aliphatic rings. The first kappa shape index (κ1) is 43.3. The van der Waals surface area contributed by atoms with Crippen LogP contribution in [0.25, 0.3) is 11.1 Å². The van der Waals surface area contributed by atoms with Crippen molar-refractivity contribution >= 4 is 23.6 Å². The summed E-state index contributed by atoms with van der Waals surface area (Å²) < 4.78 is 0. The zero-order valence-electron chi connectivity index (χ0n) is 31.8. The van der Waals surface area contributed by atoms with Crippen LogP contribution in [0.4, 0.5) is 0 Å². The smallest absolute Gasteiger partial charge is 0.243 e. The third kappa shape index (κ3) is 14.0. The number of benzene rings is 2. The van der Waals surface area contributed by atoms with Gasteiger partial charge in [-0.25, -0.2) is 0 Å². The zero-order chi connectivity index (χ0) is 38.8. The van der Waals surface area contributed by atoms with Crippen LogP contribution in [-0.2, 0) is 32.0 Å². The fourth-order valence-electron chi connectivity index (χ4n) is 6.41. The second-order valence-corrected chi connectivity index (χ2v) is 13.6. The van der Waals surface area contributed by atoms with E-state index in [9.17, 15) is 29.4 Å². The van der Waals surface area contributed by atoms with Gasteiger partial charge in [-0.15, -0.1) is 0 Å². The lowest BCUT2D eigenvalue weighted by Gasteiger charge is -2.27. The minimum Gasteiger partial charge on any atom is -0.508 e. The summed E-state index contributed by atoms with van der Waals surface area (Å²) in [5.41, 5.74) is 2.90. The molecule has 4 amide bonds. The van der Waals surface area contributed by atoms with E-state index in [0.717, 1.165) is 36.1 Å². The molecule has 15 nitrogen and oxygen atoms in total. The van der Waals surface area contributed by atoms with Gasteiger partial charge in [0.15, 0.2) is 0 Å². The Morgan fingerprint density at radius 1 is 0.849 bits per heavy atom. The Kier molecular flexibility index (Phi) is 18.7. The average molecular weight is 740 g/mol. The van der Waals surface area contributed by atoms with Crippen LogP contribution in [-0.4, -0.2) is 132 Å².